The maximum atomic E-state index is 13.4. The predicted molar refractivity (Wildman–Crippen MR) is 46.4 cm³/mol. The van der Waals surface area contributed by atoms with Gasteiger partial charge in [-0.15, -0.1) is 0 Å². The van der Waals surface area contributed by atoms with Crippen LogP contribution in [-0.4, -0.2) is 4.98 Å². The lowest BCUT2D eigenvalue weighted by Gasteiger charge is -2.00. The Bertz CT molecular complexity index is 423. The SMILES string of the molecule is Cc1ccc2cnccc2c1F. The van der Waals surface area contributed by atoms with Crippen LogP contribution in [0.4, 0.5) is 4.39 Å². The van der Waals surface area contributed by atoms with Gasteiger partial charge in [0.15, 0.2) is 0 Å². The molecule has 0 unspecified atom stereocenters. The van der Waals surface area contributed by atoms with E-state index in [1.807, 2.05) is 6.07 Å². The Morgan fingerprint density at radius 1 is 1.25 bits per heavy atom. The minimum absolute atomic E-state index is 0.144. The molecule has 0 aliphatic rings. The molecule has 1 aromatic heterocycles. The van der Waals surface area contributed by atoms with Gasteiger partial charge in [0, 0.05) is 23.2 Å². The summed E-state index contributed by atoms with van der Waals surface area (Å²) in [4.78, 5) is 3.92. The van der Waals surface area contributed by atoms with Gasteiger partial charge in [0.05, 0.1) is 0 Å². The van der Waals surface area contributed by atoms with Crippen molar-refractivity contribution in [1.82, 2.24) is 4.98 Å². The summed E-state index contributed by atoms with van der Waals surface area (Å²) in [7, 11) is 0. The zero-order valence-electron chi connectivity index (χ0n) is 6.71. The molecule has 12 heavy (non-hydrogen) atoms. The van der Waals surface area contributed by atoms with Crippen molar-refractivity contribution < 1.29 is 4.39 Å². The maximum absolute atomic E-state index is 13.4. The molecule has 0 fully saturated rings. The van der Waals surface area contributed by atoms with Gasteiger partial charge in [-0.25, -0.2) is 4.39 Å². The molecule has 1 aromatic carbocycles. The lowest BCUT2D eigenvalue weighted by atomic mass is 10.1. The average Bonchev–Trinajstić information content (AvgIpc) is 2.12. The quantitative estimate of drug-likeness (QED) is 0.578. The van der Waals surface area contributed by atoms with E-state index < -0.39 is 0 Å². The van der Waals surface area contributed by atoms with Gasteiger partial charge in [0.1, 0.15) is 5.82 Å². The van der Waals surface area contributed by atoms with Crippen LogP contribution < -0.4 is 0 Å². The van der Waals surface area contributed by atoms with Crippen molar-refractivity contribution in [3.8, 4) is 0 Å². The van der Waals surface area contributed by atoms with E-state index in [-0.39, 0.29) is 5.82 Å². The Balaban J connectivity index is 2.91. The highest BCUT2D eigenvalue weighted by molar-refractivity contribution is 5.82. The number of fused-ring (bicyclic) bond motifs is 1. The van der Waals surface area contributed by atoms with Crippen LogP contribution >= 0.6 is 0 Å². The van der Waals surface area contributed by atoms with Gasteiger partial charge in [-0.05, 0) is 18.6 Å². The Morgan fingerprint density at radius 2 is 2.08 bits per heavy atom. The smallest absolute Gasteiger partial charge is 0.134 e. The molecule has 0 atom stereocenters. The van der Waals surface area contributed by atoms with Gasteiger partial charge < -0.3 is 0 Å². The van der Waals surface area contributed by atoms with Gasteiger partial charge in [0.2, 0.25) is 0 Å². The molecular formula is C10H8FN. The monoisotopic (exact) mass is 161 g/mol. The van der Waals surface area contributed by atoms with Crippen LogP contribution in [0.2, 0.25) is 0 Å². The summed E-state index contributed by atoms with van der Waals surface area (Å²) in [5, 5.41) is 1.49. The second kappa shape index (κ2) is 2.55. The summed E-state index contributed by atoms with van der Waals surface area (Å²) in [6, 6.07) is 5.33. The molecule has 0 radical (unpaired) electrons. The molecule has 0 spiro atoms. The van der Waals surface area contributed by atoms with Gasteiger partial charge >= 0.3 is 0 Å². The minimum Gasteiger partial charge on any atom is -0.264 e. The Labute approximate surface area is 69.9 Å². The Hall–Kier alpha value is -1.44. The topological polar surface area (TPSA) is 12.9 Å². The van der Waals surface area contributed by atoms with Crippen molar-refractivity contribution in [2.45, 2.75) is 6.92 Å². The van der Waals surface area contributed by atoms with Crippen molar-refractivity contribution in [3.63, 3.8) is 0 Å². The molecule has 0 N–H and O–H groups in total. The lowest BCUT2D eigenvalue weighted by molar-refractivity contribution is 0.630. The third-order valence-electron chi connectivity index (χ3n) is 1.95. The molecule has 0 saturated carbocycles. The molecule has 2 rings (SSSR count). The number of benzene rings is 1. The third-order valence-corrected chi connectivity index (χ3v) is 1.95. The number of aryl methyl sites for hydroxylation is 1. The molecule has 0 saturated heterocycles. The van der Waals surface area contributed by atoms with Crippen LogP contribution in [-0.2, 0) is 0 Å². The molecule has 1 heterocycles. The second-order valence-electron chi connectivity index (χ2n) is 2.79. The number of hydrogen-bond acceptors (Lipinski definition) is 1. The number of aromatic nitrogens is 1. The maximum Gasteiger partial charge on any atom is 0.134 e. The molecule has 2 aromatic rings. The number of hydrogen-bond donors (Lipinski definition) is 0. The van der Waals surface area contributed by atoms with E-state index in [1.54, 1.807) is 31.5 Å². The number of halogens is 1. The van der Waals surface area contributed by atoms with Gasteiger partial charge in [-0.3, -0.25) is 4.98 Å². The molecule has 2 heteroatoms. The first-order chi connectivity index (χ1) is 5.79. The van der Waals surface area contributed by atoms with Crippen LogP contribution in [0.3, 0.4) is 0 Å². The molecule has 0 aliphatic carbocycles. The molecule has 1 nitrogen and oxygen atoms in total. The molecular weight excluding hydrogens is 153 g/mol. The Morgan fingerprint density at radius 3 is 2.92 bits per heavy atom. The van der Waals surface area contributed by atoms with Crippen LogP contribution in [0.25, 0.3) is 10.8 Å². The van der Waals surface area contributed by atoms with Crippen molar-refractivity contribution in [2.24, 2.45) is 0 Å². The van der Waals surface area contributed by atoms with Crippen molar-refractivity contribution in [2.75, 3.05) is 0 Å². The summed E-state index contributed by atoms with van der Waals surface area (Å²) < 4.78 is 13.4. The third kappa shape index (κ3) is 0.961. The fourth-order valence-corrected chi connectivity index (χ4v) is 1.24. The van der Waals surface area contributed by atoms with Crippen LogP contribution in [0.15, 0.2) is 30.6 Å². The molecule has 0 amide bonds. The van der Waals surface area contributed by atoms with Crippen molar-refractivity contribution >= 4 is 10.8 Å². The summed E-state index contributed by atoms with van der Waals surface area (Å²) in [5.74, 6) is -0.144. The highest BCUT2D eigenvalue weighted by Gasteiger charge is 2.01. The molecule has 0 bridgehead atoms. The van der Waals surface area contributed by atoms with E-state index in [1.165, 1.54) is 0 Å². The van der Waals surface area contributed by atoms with Crippen LogP contribution in [0.1, 0.15) is 5.56 Å². The number of nitrogens with zero attached hydrogens (tertiary/aromatic N) is 1. The van der Waals surface area contributed by atoms with Crippen molar-refractivity contribution in [3.05, 3.63) is 42.0 Å². The predicted octanol–water partition coefficient (Wildman–Crippen LogP) is 2.68. The van der Waals surface area contributed by atoms with E-state index in [2.05, 4.69) is 4.98 Å². The van der Waals surface area contributed by atoms with E-state index in [0.717, 1.165) is 5.39 Å². The fraction of sp³-hybridized carbons (Fsp3) is 0.100. The number of rotatable bonds is 0. The largest absolute Gasteiger partial charge is 0.264 e. The van der Waals surface area contributed by atoms with E-state index in [9.17, 15) is 4.39 Å². The van der Waals surface area contributed by atoms with Crippen LogP contribution in [0, 0.1) is 12.7 Å². The standard InChI is InChI=1S/C10H8FN/c1-7-2-3-8-6-12-5-4-9(8)10(7)11/h2-6H,1H3. The van der Waals surface area contributed by atoms with E-state index in [0.29, 0.717) is 10.9 Å². The van der Waals surface area contributed by atoms with Gasteiger partial charge in [0.25, 0.3) is 0 Å². The summed E-state index contributed by atoms with van der Waals surface area (Å²) in [6.45, 7) is 1.76. The second-order valence-corrected chi connectivity index (χ2v) is 2.79. The van der Waals surface area contributed by atoms with Crippen LogP contribution in [0.5, 0.6) is 0 Å². The zero-order chi connectivity index (χ0) is 8.55. The molecule has 60 valence electrons. The number of pyridine rings is 1. The highest BCUT2D eigenvalue weighted by atomic mass is 19.1. The highest BCUT2D eigenvalue weighted by Crippen LogP contribution is 2.18. The first-order valence-electron chi connectivity index (χ1n) is 3.78. The van der Waals surface area contributed by atoms with Gasteiger partial charge in [-0.2, -0.15) is 0 Å². The normalized spacial score (nSPS) is 10.5. The summed E-state index contributed by atoms with van der Waals surface area (Å²) in [5.41, 5.74) is 0.675. The zero-order valence-corrected chi connectivity index (χ0v) is 6.71. The first kappa shape index (κ1) is 7.22. The minimum atomic E-state index is -0.144. The first-order valence-corrected chi connectivity index (χ1v) is 3.78. The van der Waals surface area contributed by atoms with Gasteiger partial charge in [-0.1, -0.05) is 12.1 Å². The summed E-state index contributed by atoms with van der Waals surface area (Å²) >= 11 is 0. The summed E-state index contributed by atoms with van der Waals surface area (Å²) in [6.07, 6.45) is 3.27. The Kier molecular flexibility index (Phi) is 1.54. The lowest BCUT2D eigenvalue weighted by Crippen LogP contribution is -1.84. The van der Waals surface area contributed by atoms with E-state index >= 15 is 0 Å². The molecule has 0 aliphatic heterocycles. The van der Waals surface area contributed by atoms with E-state index in [4.69, 9.17) is 0 Å². The fourth-order valence-electron chi connectivity index (χ4n) is 1.24. The average molecular weight is 161 g/mol. The van der Waals surface area contributed by atoms with Crippen molar-refractivity contribution in [1.29, 1.82) is 0 Å².